The number of nitrogens with one attached hydrogen (secondary N) is 1. The van der Waals surface area contributed by atoms with Gasteiger partial charge in [0.2, 0.25) is 5.91 Å². The zero-order valence-electron chi connectivity index (χ0n) is 24.1. The minimum atomic E-state index is -0.568. The molecule has 1 amide bonds. The van der Waals surface area contributed by atoms with E-state index in [2.05, 4.69) is 71.6 Å². The first-order chi connectivity index (χ1) is 20.2. The number of aryl methyl sites for hydroxylation is 1. The van der Waals surface area contributed by atoms with E-state index in [0.717, 1.165) is 36.4 Å². The van der Waals surface area contributed by atoms with Crippen molar-refractivity contribution >= 4 is 29.0 Å². The molecule has 1 aromatic carbocycles. The Hall–Kier alpha value is -4.31. The maximum absolute atomic E-state index is 12.9. The average molecular weight is 569 g/mol. The van der Waals surface area contributed by atoms with E-state index in [1.807, 2.05) is 4.52 Å². The second-order valence-electron chi connectivity index (χ2n) is 12.4. The number of carbonyl (C=O) groups is 2. The topological polar surface area (TPSA) is 111 Å². The Kier molecular flexibility index (Phi) is 6.09. The molecule has 218 valence electrons. The van der Waals surface area contributed by atoms with Gasteiger partial charge < -0.3 is 19.7 Å². The number of aromatic nitrogens is 4. The maximum atomic E-state index is 12.9. The lowest BCUT2D eigenvalue weighted by molar-refractivity contribution is -0.120. The van der Waals surface area contributed by atoms with Gasteiger partial charge in [0.25, 0.3) is 0 Å². The zero-order chi connectivity index (χ0) is 29.1. The molecule has 1 atom stereocenters. The van der Waals surface area contributed by atoms with Gasteiger partial charge in [-0.15, -0.1) is 5.10 Å². The fraction of sp³-hybridized carbons (Fsp3) is 0.406. The number of anilines is 2. The Balaban J connectivity index is 0.00000329. The van der Waals surface area contributed by atoms with E-state index in [1.165, 1.54) is 12.7 Å². The number of amides is 1. The van der Waals surface area contributed by atoms with Crippen molar-refractivity contribution in [3.63, 3.8) is 0 Å². The molecule has 3 saturated heterocycles. The summed E-state index contributed by atoms with van der Waals surface area (Å²) in [6, 6.07) is 17.8. The quantitative estimate of drug-likeness (QED) is 0.320. The van der Waals surface area contributed by atoms with Crippen molar-refractivity contribution in [2.24, 2.45) is 5.41 Å². The minimum absolute atomic E-state index is 0. The molecular formula is C32H36N6O4. The lowest BCUT2D eigenvalue weighted by Gasteiger charge is -2.42. The third-order valence-electron chi connectivity index (χ3n) is 9.24. The normalized spacial score (nSPS) is 26.3. The highest BCUT2D eigenvalue weighted by molar-refractivity contribution is 5.92. The molecule has 1 aliphatic carbocycles. The van der Waals surface area contributed by atoms with E-state index in [1.54, 1.807) is 18.2 Å². The summed E-state index contributed by atoms with van der Waals surface area (Å²) < 4.78 is 12.9. The second kappa shape index (κ2) is 9.62. The van der Waals surface area contributed by atoms with Crippen LogP contribution in [0.1, 0.15) is 61.5 Å². The van der Waals surface area contributed by atoms with Crippen LogP contribution in [0.5, 0.6) is 0 Å². The molecule has 10 nitrogen and oxygen atoms in total. The molecule has 8 rings (SSSR count). The van der Waals surface area contributed by atoms with Crippen molar-refractivity contribution in [3.05, 3.63) is 83.4 Å². The molecular weight excluding hydrogens is 532 g/mol. The summed E-state index contributed by atoms with van der Waals surface area (Å²) in [5, 5.41) is 7.72. The Morgan fingerprint density at radius 3 is 2.71 bits per heavy atom. The highest BCUT2D eigenvalue weighted by Crippen LogP contribution is 2.64. The van der Waals surface area contributed by atoms with Gasteiger partial charge in [-0.25, -0.2) is 19.3 Å². The lowest BCUT2D eigenvalue weighted by Crippen LogP contribution is -2.44. The third kappa shape index (κ3) is 4.41. The van der Waals surface area contributed by atoms with E-state index in [0.29, 0.717) is 37.5 Å². The van der Waals surface area contributed by atoms with Gasteiger partial charge in [-0.2, -0.15) is 0 Å². The van der Waals surface area contributed by atoms with Gasteiger partial charge in [-0.1, -0.05) is 43.3 Å². The van der Waals surface area contributed by atoms with Gasteiger partial charge in [0.15, 0.2) is 17.2 Å². The van der Waals surface area contributed by atoms with Crippen molar-refractivity contribution in [1.82, 2.24) is 19.6 Å². The second-order valence-corrected chi connectivity index (χ2v) is 12.4. The molecule has 4 fully saturated rings. The molecule has 1 saturated carbocycles. The van der Waals surface area contributed by atoms with Crippen LogP contribution < -0.4 is 10.2 Å². The van der Waals surface area contributed by atoms with Gasteiger partial charge in [-0.3, -0.25) is 4.79 Å². The first-order valence-electron chi connectivity index (χ1n) is 14.4. The number of nitrogens with zero attached hydrogens (tertiary/aromatic N) is 5. The SMILES string of the molecule is COC(=O)c1cccc(NC(=O)CC23COC(c4nc5c(C)cc(N6CC[C@](C)(c7ccccc7)C6)cn5n4)(C2)C3)n1.[HH]. The van der Waals surface area contributed by atoms with E-state index < -0.39 is 11.6 Å². The molecule has 0 radical (unpaired) electrons. The van der Waals surface area contributed by atoms with Crippen molar-refractivity contribution in [3.8, 4) is 0 Å². The number of methoxy groups -OCH3 is 1. The molecule has 3 aliphatic heterocycles. The number of hydrogen-bond acceptors (Lipinski definition) is 8. The highest BCUT2D eigenvalue weighted by Gasteiger charge is 2.65. The molecule has 42 heavy (non-hydrogen) atoms. The molecule has 0 spiro atoms. The summed E-state index contributed by atoms with van der Waals surface area (Å²) in [6.07, 6.45) is 4.84. The Labute approximate surface area is 245 Å². The maximum Gasteiger partial charge on any atom is 0.356 e. The van der Waals surface area contributed by atoms with Gasteiger partial charge in [-0.05, 0) is 55.5 Å². The number of esters is 1. The summed E-state index contributed by atoms with van der Waals surface area (Å²) in [5.41, 5.74) is 3.84. The smallest absolute Gasteiger partial charge is 0.356 e. The molecule has 6 heterocycles. The standard InChI is InChI=1S/C32H34N6O4.H2/c1-21-14-23(37-13-12-30(2,19-37)22-8-5-4-6-9-22)16-38-27(21)35-29(36-38)32-17-31(18-32,20-42-32)15-26(39)34-25-11-7-10-24(33-25)28(40)41-3;/h4-11,14,16H,12-13,15,17-20H2,1-3H3,(H,33,34,39);1H/t30-,31?,32?;/m0./s1. The minimum Gasteiger partial charge on any atom is -0.464 e. The van der Waals surface area contributed by atoms with E-state index in [9.17, 15) is 9.59 Å². The Bertz CT molecular complexity index is 1700. The Morgan fingerprint density at radius 1 is 1.12 bits per heavy atom. The van der Waals surface area contributed by atoms with Gasteiger partial charge in [0.1, 0.15) is 11.4 Å². The van der Waals surface area contributed by atoms with Crippen LogP contribution >= 0.6 is 0 Å². The van der Waals surface area contributed by atoms with Crippen LogP contribution in [0.15, 0.2) is 60.8 Å². The van der Waals surface area contributed by atoms with Crippen molar-refractivity contribution in [1.29, 1.82) is 0 Å². The van der Waals surface area contributed by atoms with Gasteiger partial charge >= 0.3 is 5.97 Å². The van der Waals surface area contributed by atoms with Crippen LogP contribution in [0.4, 0.5) is 11.5 Å². The van der Waals surface area contributed by atoms with Crippen LogP contribution in [-0.4, -0.2) is 58.3 Å². The lowest BCUT2D eigenvalue weighted by atomic mass is 9.60. The third-order valence-corrected chi connectivity index (χ3v) is 9.24. The molecule has 1 N–H and O–H groups in total. The number of pyridine rings is 2. The van der Waals surface area contributed by atoms with Crippen LogP contribution in [0.3, 0.4) is 0 Å². The first-order valence-corrected chi connectivity index (χ1v) is 14.4. The monoisotopic (exact) mass is 568 g/mol. The number of ether oxygens (including phenoxy) is 2. The average Bonchev–Trinajstić information content (AvgIpc) is 3.75. The van der Waals surface area contributed by atoms with Crippen LogP contribution in [-0.2, 0) is 25.3 Å². The largest absolute Gasteiger partial charge is 0.464 e. The number of hydrogen-bond donors (Lipinski definition) is 1. The number of carbonyl (C=O) groups excluding carboxylic acids is 2. The van der Waals surface area contributed by atoms with Gasteiger partial charge in [0, 0.05) is 31.8 Å². The summed E-state index contributed by atoms with van der Waals surface area (Å²) in [5.74, 6) is 0.282. The molecule has 4 aromatic rings. The van der Waals surface area contributed by atoms with Crippen LogP contribution in [0, 0.1) is 12.3 Å². The van der Waals surface area contributed by atoms with E-state index >= 15 is 0 Å². The number of fused-ring (bicyclic) bond motifs is 2. The molecule has 3 aromatic heterocycles. The molecule has 10 heteroatoms. The van der Waals surface area contributed by atoms with E-state index in [-0.39, 0.29) is 23.9 Å². The summed E-state index contributed by atoms with van der Waals surface area (Å²) in [4.78, 5) is 36.2. The molecule has 2 bridgehead atoms. The van der Waals surface area contributed by atoms with Crippen molar-refractivity contribution in [2.45, 2.75) is 50.5 Å². The summed E-state index contributed by atoms with van der Waals surface area (Å²) in [6.45, 7) is 6.83. The van der Waals surface area contributed by atoms with Gasteiger partial charge in [0.05, 0.1) is 25.6 Å². The van der Waals surface area contributed by atoms with Crippen LogP contribution in [0.2, 0.25) is 0 Å². The predicted molar refractivity (Wildman–Crippen MR) is 159 cm³/mol. The highest BCUT2D eigenvalue weighted by atomic mass is 16.5. The summed E-state index contributed by atoms with van der Waals surface area (Å²) >= 11 is 0. The molecule has 4 aliphatic rings. The van der Waals surface area contributed by atoms with Crippen molar-refractivity contribution < 1.29 is 20.5 Å². The van der Waals surface area contributed by atoms with Crippen LogP contribution in [0.25, 0.3) is 5.65 Å². The number of rotatable bonds is 7. The zero-order valence-corrected chi connectivity index (χ0v) is 24.1. The van der Waals surface area contributed by atoms with Crippen molar-refractivity contribution in [2.75, 3.05) is 37.0 Å². The fourth-order valence-corrected chi connectivity index (χ4v) is 7.06. The Morgan fingerprint density at radius 2 is 1.93 bits per heavy atom. The first kappa shape index (κ1) is 26.6. The fourth-order valence-electron chi connectivity index (χ4n) is 7.06. The number of benzene rings is 1. The summed E-state index contributed by atoms with van der Waals surface area (Å²) in [7, 11) is 1.30. The predicted octanol–water partition coefficient (Wildman–Crippen LogP) is 4.67. The van der Waals surface area contributed by atoms with E-state index in [4.69, 9.17) is 19.6 Å². The molecule has 0 unspecified atom stereocenters.